The average Bonchev–Trinajstić information content (AvgIpc) is 3.22. The maximum absolute atomic E-state index is 13.9. The van der Waals surface area contributed by atoms with Gasteiger partial charge in [0.2, 0.25) is 0 Å². The molecule has 28 heavy (non-hydrogen) atoms. The Balaban J connectivity index is 0.00000280. The second-order valence-corrected chi connectivity index (χ2v) is 7.60. The zero-order chi connectivity index (χ0) is 18.9. The zero-order valence-corrected chi connectivity index (χ0v) is 19.4. The summed E-state index contributed by atoms with van der Waals surface area (Å²) >= 11 is 1.74. The van der Waals surface area contributed by atoms with E-state index in [1.54, 1.807) is 24.5 Å². The van der Waals surface area contributed by atoms with E-state index in [0.717, 1.165) is 63.9 Å². The molecule has 0 amide bonds. The van der Waals surface area contributed by atoms with Crippen molar-refractivity contribution >= 4 is 47.0 Å². The monoisotopic (exact) mass is 517 g/mol. The van der Waals surface area contributed by atoms with Crippen LogP contribution >= 0.6 is 35.3 Å². The molecule has 2 aromatic rings. The van der Waals surface area contributed by atoms with E-state index in [9.17, 15) is 4.39 Å². The van der Waals surface area contributed by atoms with E-state index in [0.29, 0.717) is 0 Å². The molecule has 2 heterocycles. The molecule has 3 rings (SSSR count). The van der Waals surface area contributed by atoms with E-state index in [2.05, 4.69) is 42.9 Å². The third-order valence-electron chi connectivity index (χ3n) is 4.74. The Morgan fingerprint density at radius 3 is 2.57 bits per heavy atom. The lowest BCUT2D eigenvalue weighted by Crippen LogP contribution is -2.47. The Hall–Kier alpha value is -1.39. The summed E-state index contributed by atoms with van der Waals surface area (Å²) in [6.45, 7) is 6.42. The topological polar surface area (TPSA) is 42.9 Å². The second kappa shape index (κ2) is 12.2. The second-order valence-electron chi connectivity index (χ2n) is 6.57. The van der Waals surface area contributed by atoms with Crippen LogP contribution in [0.3, 0.4) is 0 Å². The molecular formula is C20H29FIN5S. The number of anilines is 1. The first-order valence-electron chi connectivity index (χ1n) is 9.45. The molecule has 0 radical (unpaired) electrons. The first kappa shape index (κ1) is 22.9. The van der Waals surface area contributed by atoms with Crippen molar-refractivity contribution in [2.24, 2.45) is 4.99 Å². The number of hydrogen-bond acceptors (Lipinski definition) is 4. The number of guanidine groups is 1. The highest BCUT2D eigenvalue weighted by Gasteiger charge is 2.18. The zero-order valence-electron chi connectivity index (χ0n) is 16.2. The Morgan fingerprint density at radius 2 is 1.89 bits per heavy atom. The lowest BCUT2D eigenvalue weighted by Gasteiger charge is -2.36. The van der Waals surface area contributed by atoms with Gasteiger partial charge < -0.3 is 15.5 Å². The normalized spacial score (nSPS) is 15.2. The largest absolute Gasteiger partial charge is 0.367 e. The fourth-order valence-corrected chi connectivity index (χ4v) is 3.88. The summed E-state index contributed by atoms with van der Waals surface area (Å²) in [5, 5.41) is 8.79. The Kier molecular flexibility index (Phi) is 10.0. The fourth-order valence-electron chi connectivity index (χ4n) is 3.23. The van der Waals surface area contributed by atoms with Crippen LogP contribution in [0.15, 0.2) is 46.8 Å². The van der Waals surface area contributed by atoms with Crippen molar-refractivity contribution in [3.05, 3.63) is 52.5 Å². The summed E-state index contributed by atoms with van der Waals surface area (Å²) in [6, 6.07) is 11.2. The third-order valence-corrected chi connectivity index (χ3v) is 5.62. The summed E-state index contributed by atoms with van der Waals surface area (Å²) in [7, 11) is 1.80. The number of thiophene rings is 1. The summed E-state index contributed by atoms with van der Waals surface area (Å²) in [4.78, 5) is 10.1. The van der Waals surface area contributed by atoms with E-state index in [1.165, 1.54) is 10.9 Å². The van der Waals surface area contributed by atoms with Gasteiger partial charge in [-0.1, -0.05) is 18.2 Å². The third kappa shape index (κ3) is 6.89. The van der Waals surface area contributed by atoms with Gasteiger partial charge in [0.1, 0.15) is 5.82 Å². The molecular weight excluding hydrogens is 488 g/mol. The molecule has 2 N–H and O–H groups in total. The molecule has 1 aliphatic heterocycles. The number of aliphatic imine (C=N–C) groups is 1. The minimum Gasteiger partial charge on any atom is -0.367 e. The number of nitrogens with zero attached hydrogens (tertiary/aromatic N) is 3. The Bertz CT molecular complexity index is 717. The van der Waals surface area contributed by atoms with Crippen molar-refractivity contribution in [2.75, 3.05) is 51.2 Å². The summed E-state index contributed by atoms with van der Waals surface area (Å²) in [6.07, 6.45) is 1.05. The smallest absolute Gasteiger partial charge is 0.191 e. The molecule has 1 saturated heterocycles. The van der Waals surface area contributed by atoms with Crippen molar-refractivity contribution in [2.45, 2.75) is 13.0 Å². The summed E-state index contributed by atoms with van der Waals surface area (Å²) in [5.41, 5.74) is 0.722. The molecule has 0 saturated carbocycles. The molecule has 154 valence electrons. The molecule has 5 nitrogen and oxygen atoms in total. The van der Waals surface area contributed by atoms with Crippen LogP contribution in [-0.4, -0.2) is 57.2 Å². The van der Waals surface area contributed by atoms with Gasteiger partial charge in [-0.3, -0.25) is 9.89 Å². The van der Waals surface area contributed by atoms with Crippen LogP contribution in [-0.2, 0) is 6.54 Å². The van der Waals surface area contributed by atoms with Gasteiger partial charge in [0.25, 0.3) is 0 Å². The first-order valence-corrected chi connectivity index (χ1v) is 10.3. The van der Waals surface area contributed by atoms with Gasteiger partial charge in [-0.25, -0.2) is 4.39 Å². The van der Waals surface area contributed by atoms with E-state index in [4.69, 9.17) is 0 Å². The minimum atomic E-state index is -0.128. The predicted octanol–water partition coefficient (Wildman–Crippen LogP) is 3.38. The number of benzene rings is 1. The van der Waals surface area contributed by atoms with Gasteiger partial charge in [-0.2, -0.15) is 0 Å². The molecule has 0 spiro atoms. The first-order chi connectivity index (χ1) is 13.3. The molecule has 0 aliphatic carbocycles. The van der Waals surface area contributed by atoms with E-state index in [-0.39, 0.29) is 29.8 Å². The van der Waals surface area contributed by atoms with Crippen LogP contribution in [0.4, 0.5) is 10.1 Å². The molecule has 1 aromatic heterocycles. The van der Waals surface area contributed by atoms with Crippen molar-refractivity contribution in [1.29, 1.82) is 0 Å². The highest BCUT2D eigenvalue weighted by atomic mass is 127. The fraction of sp³-hybridized carbons (Fsp3) is 0.450. The summed E-state index contributed by atoms with van der Waals surface area (Å²) in [5.74, 6) is 0.712. The lowest BCUT2D eigenvalue weighted by molar-refractivity contribution is 0.254. The van der Waals surface area contributed by atoms with Gasteiger partial charge in [-0.15, -0.1) is 35.3 Å². The van der Waals surface area contributed by atoms with Crippen molar-refractivity contribution < 1.29 is 4.39 Å². The van der Waals surface area contributed by atoms with Crippen molar-refractivity contribution in [3.8, 4) is 0 Å². The molecule has 0 bridgehead atoms. The highest BCUT2D eigenvalue weighted by molar-refractivity contribution is 14.0. The molecule has 1 aromatic carbocycles. The van der Waals surface area contributed by atoms with Gasteiger partial charge in [0.15, 0.2) is 5.96 Å². The minimum absolute atomic E-state index is 0. The van der Waals surface area contributed by atoms with Gasteiger partial charge in [0.05, 0.1) is 12.2 Å². The van der Waals surface area contributed by atoms with Gasteiger partial charge in [0, 0.05) is 44.6 Å². The molecule has 1 fully saturated rings. The van der Waals surface area contributed by atoms with Gasteiger partial charge >= 0.3 is 0 Å². The number of rotatable bonds is 7. The Morgan fingerprint density at radius 1 is 1.11 bits per heavy atom. The lowest BCUT2D eigenvalue weighted by atomic mass is 10.2. The maximum atomic E-state index is 13.9. The number of hydrogen-bond donors (Lipinski definition) is 2. The van der Waals surface area contributed by atoms with Gasteiger partial charge in [-0.05, 0) is 36.5 Å². The molecule has 0 unspecified atom stereocenters. The number of para-hydroxylation sites is 1. The maximum Gasteiger partial charge on any atom is 0.191 e. The van der Waals surface area contributed by atoms with E-state index >= 15 is 0 Å². The standard InChI is InChI=1S/C20H28FN5S.HI/c1-22-20(24-16-17-6-4-15-27-17)23-9-5-10-25-11-13-26(14-12-25)19-8-3-2-7-18(19)21;/h2-4,6-8,15H,5,9-14,16H2,1H3,(H2,22,23,24);1H. The van der Waals surface area contributed by atoms with Crippen LogP contribution in [0.1, 0.15) is 11.3 Å². The SMILES string of the molecule is CN=C(NCCCN1CCN(c2ccccc2F)CC1)NCc1cccs1.I. The van der Waals surface area contributed by atoms with Crippen molar-refractivity contribution in [1.82, 2.24) is 15.5 Å². The number of piperazine rings is 1. The molecule has 1 aliphatic rings. The van der Waals surface area contributed by atoms with E-state index in [1.807, 2.05) is 12.1 Å². The molecule has 0 atom stereocenters. The van der Waals surface area contributed by atoms with Crippen LogP contribution < -0.4 is 15.5 Å². The number of halogens is 2. The van der Waals surface area contributed by atoms with Crippen LogP contribution in [0.5, 0.6) is 0 Å². The average molecular weight is 517 g/mol. The van der Waals surface area contributed by atoms with Crippen molar-refractivity contribution in [3.63, 3.8) is 0 Å². The number of nitrogens with one attached hydrogen (secondary N) is 2. The quantitative estimate of drug-likeness (QED) is 0.256. The molecule has 8 heteroatoms. The van der Waals surface area contributed by atoms with E-state index < -0.39 is 0 Å². The van der Waals surface area contributed by atoms with Crippen LogP contribution in [0.2, 0.25) is 0 Å². The predicted molar refractivity (Wildman–Crippen MR) is 128 cm³/mol. The highest BCUT2D eigenvalue weighted by Crippen LogP contribution is 2.20. The summed E-state index contributed by atoms with van der Waals surface area (Å²) < 4.78 is 13.9. The Labute approximate surface area is 188 Å². The van der Waals surface area contributed by atoms with Crippen LogP contribution in [0, 0.1) is 5.82 Å². The van der Waals surface area contributed by atoms with Crippen LogP contribution in [0.25, 0.3) is 0 Å².